The van der Waals surface area contributed by atoms with Crippen molar-refractivity contribution < 1.29 is 4.79 Å². The average Bonchev–Trinajstić information content (AvgIpc) is 2.74. The normalized spacial score (nSPS) is 10.2. The summed E-state index contributed by atoms with van der Waals surface area (Å²) >= 11 is 5.76. The summed E-state index contributed by atoms with van der Waals surface area (Å²) in [5.74, 6) is 0.0855. The third-order valence-electron chi connectivity index (χ3n) is 2.18. The molecule has 1 N–H and O–H groups in total. The van der Waals surface area contributed by atoms with Gasteiger partial charge in [0.05, 0.1) is 5.69 Å². The second kappa shape index (κ2) is 4.32. The summed E-state index contributed by atoms with van der Waals surface area (Å²) in [5.41, 5.74) is 1.61. The SMILES string of the molecule is O=C(Cc1ccc(Cl)cc1)c1ccc[nH]1. The molecule has 0 aliphatic heterocycles. The van der Waals surface area contributed by atoms with Crippen molar-refractivity contribution in [1.29, 1.82) is 0 Å². The Labute approximate surface area is 92.9 Å². The lowest BCUT2D eigenvalue weighted by molar-refractivity contribution is 0.0989. The van der Waals surface area contributed by atoms with Crippen LogP contribution >= 0.6 is 11.6 Å². The van der Waals surface area contributed by atoms with E-state index in [0.717, 1.165) is 5.56 Å². The van der Waals surface area contributed by atoms with Crippen LogP contribution in [-0.2, 0) is 6.42 Å². The molecule has 0 aliphatic rings. The first-order chi connectivity index (χ1) is 7.25. The molecule has 0 aliphatic carbocycles. The van der Waals surface area contributed by atoms with Gasteiger partial charge in [0.2, 0.25) is 0 Å². The van der Waals surface area contributed by atoms with Crippen LogP contribution in [0.15, 0.2) is 42.6 Å². The second-order valence-electron chi connectivity index (χ2n) is 3.31. The molecule has 0 fully saturated rings. The number of H-pyrrole nitrogens is 1. The van der Waals surface area contributed by atoms with Crippen molar-refractivity contribution in [1.82, 2.24) is 4.98 Å². The molecule has 0 amide bonds. The van der Waals surface area contributed by atoms with Crippen LogP contribution in [-0.4, -0.2) is 10.8 Å². The monoisotopic (exact) mass is 219 g/mol. The molecule has 1 aromatic heterocycles. The van der Waals surface area contributed by atoms with Crippen molar-refractivity contribution >= 4 is 17.4 Å². The zero-order valence-corrected chi connectivity index (χ0v) is 8.79. The van der Waals surface area contributed by atoms with Crippen LogP contribution in [0.25, 0.3) is 0 Å². The van der Waals surface area contributed by atoms with Gasteiger partial charge in [-0.3, -0.25) is 4.79 Å². The molecule has 0 unspecified atom stereocenters. The van der Waals surface area contributed by atoms with Gasteiger partial charge in [0.1, 0.15) is 0 Å². The maximum atomic E-state index is 11.7. The lowest BCUT2D eigenvalue weighted by Crippen LogP contribution is -2.03. The zero-order chi connectivity index (χ0) is 10.7. The summed E-state index contributed by atoms with van der Waals surface area (Å²) in [5, 5.41) is 0.686. The van der Waals surface area contributed by atoms with Crippen molar-refractivity contribution in [3.05, 3.63) is 58.9 Å². The lowest BCUT2D eigenvalue weighted by Gasteiger charge is -1.99. The summed E-state index contributed by atoms with van der Waals surface area (Å²) in [6.45, 7) is 0. The number of rotatable bonds is 3. The molecule has 1 aromatic carbocycles. The molecular weight excluding hydrogens is 210 g/mol. The molecule has 76 valence electrons. The Morgan fingerprint density at radius 3 is 2.53 bits per heavy atom. The number of aromatic nitrogens is 1. The van der Waals surface area contributed by atoms with Gasteiger partial charge in [-0.25, -0.2) is 0 Å². The van der Waals surface area contributed by atoms with E-state index >= 15 is 0 Å². The topological polar surface area (TPSA) is 32.9 Å². The van der Waals surface area contributed by atoms with Gasteiger partial charge in [-0.2, -0.15) is 0 Å². The minimum Gasteiger partial charge on any atom is -0.359 e. The largest absolute Gasteiger partial charge is 0.359 e. The lowest BCUT2D eigenvalue weighted by atomic mass is 10.1. The molecule has 0 atom stereocenters. The minimum absolute atomic E-state index is 0.0855. The first-order valence-corrected chi connectivity index (χ1v) is 5.04. The number of hydrogen-bond donors (Lipinski definition) is 1. The number of ketones is 1. The first kappa shape index (κ1) is 9.99. The highest BCUT2D eigenvalue weighted by atomic mass is 35.5. The van der Waals surface area contributed by atoms with Gasteiger partial charge in [0, 0.05) is 17.6 Å². The smallest absolute Gasteiger partial charge is 0.183 e. The van der Waals surface area contributed by atoms with Gasteiger partial charge in [0.15, 0.2) is 5.78 Å². The van der Waals surface area contributed by atoms with Crippen LogP contribution in [0.3, 0.4) is 0 Å². The number of benzene rings is 1. The summed E-state index contributed by atoms with van der Waals surface area (Å²) in [4.78, 5) is 14.6. The number of carbonyl (C=O) groups excluding carboxylic acids is 1. The Morgan fingerprint density at radius 2 is 1.93 bits per heavy atom. The van der Waals surface area contributed by atoms with E-state index in [0.29, 0.717) is 17.1 Å². The van der Waals surface area contributed by atoms with Crippen LogP contribution in [0.2, 0.25) is 5.02 Å². The predicted molar refractivity (Wildman–Crippen MR) is 60.3 cm³/mol. The Bertz CT molecular complexity index is 445. The fraction of sp³-hybridized carbons (Fsp3) is 0.0833. The maximum absolute atomic E-state index is 11.7. The van der Waals surface area contributed by atoms with E-state index in [1.54, 1.807) is 24.4 Å². The molecule has 2 nitrogen and oxygen atoms in total. The van der Waals surface area contributed by atoms with Crippen LogP contribution in [0.4, 0.5) is 0 Å². The number of aromatic amines is 1. The Morgan fingerprint density at radius 1 is 1.20 bits per heavy atom. The number of carbonyl (C=O) groups is 1. The molecule has 0 radical (unpaired) electrons. The van der Waals surface area contributed by atoms with Crippen molar-refractivity contribution in [2.45, 2.75) is 6.42 Å². The van der Waals surface area contributed by atoms with Crippen molar-refractivity contribution in [3.8, 4) is 0 Å². The van der Waals surface area contributed by atoms with E-state index in [1.165, 1.54) is 0 Å². The van der Waals surface area contributed by atoms with Crippen molar-refractivity contribution in [2.75, 3.05) is 0 Å². The van der Waals surface area contributed by atoms with E-state index in [4.69, 9.17) is 11.6 Å². The van der Waals surface area contributed by atoms with Gasteiger partial charge >= 0.3 is 0 Å². The Hall–Kier alpha value is -1.54. The number of hydrogen-bond acceptors (Lipinski definition) is 1. The standard InChI is InChI=1S/C12H10ClNO/c13-10-5-3-9(4-6-10)8-12(15)11-2-1-7-14-11/h1-7,14H,8H2. The van der Waals surface area contributed by atoms with Crippen molar-refractivity contribution in [2.24, 2.45) is 0 Å². The quantitative estimate of drug-likeness (QED) is 0.791. The summed E-state index contributed by atoms with van der Waals surface area (Å²) < 4.78 is 0. The fourth-order valence-electron chi connectivity index (χ4n) is 1.39. The maximum Gasteiger partial charge on any atom is 0.183 e. The molecule has 15 heavy (non-hydrogen) atoms. The number of halogens is 1. The summed E-state index contributed by atoms with van der Waals surface area (Å²) in [7, 11) is 0. The molecule has 0 bridgehead atoms. The van der Waals surface area contributed by atoms with Crippen LogP contribution in [0.1, 0.15) is 16.1 Å². The Balaban J connectivity index is 2.09. The van der Waals surface area contributed by atoms with Gasteiger partial charge in [0.25, 0.3) is 0 Å². The molecule has 0 saturated heterocycles. The number of Topliss-reactive ketones (excluding diaryl/α,β-unsaturated/α-hetero) is 1. The second-order valence-corrected chi connectivity index (χ2v) is 3.75. The highest BCUT2D eigenvalue weighted by molar-refractivity contribution is 6.30. The highest BCUT2D eigenvalue weighted by Crippen LogP contribution is 2.11. The molecule has 2 rings (SSSR count). The van der Waals surface area contributed by atoms with E-state index in [1.807, 2.05) is 18.2 Å². The van der Waals surface area contributed by atoms with Crippen LogP contribution in [0.5, 0.6) is 0 Å². The predicted octanol–water partition coefficient (Wildman–Crippen LogP) is 3.09. The number of nitrogens with one attached hydrogen (secondary N) is 1. The van der Waals surface area contributed by atoms with Crippen LogP contribution < -0.4 is 0 Å². The van der Waals surface area contributed by atoms with E-state index in [2.05, 4.69) is 4.98 Å². The molecule has 2 aromatic rings. The van der Waals surface area contributed by atoms with Gasteiger partial charge in [-0.1, -0.05) is 23.7 Å². The van der Waals surface area contributed by atoms with E-state index in [9.17, 15) is 4.79 Å². The van der Waals surface area contributed by atoms with Crippen LogP contribution in [0, 0.1) is 0 Å². The first-order valence-electron chi connectivity index (χ1n) is 4.67. The third-order valence-corrected chi connectivity index (χ3v) is 2.43. The van der Waals surface area contributed by atoms with E-state index < -0.39 is 0 Å². The fourth-order valence-corrected chi connectivity index (χ4v) is 1.51. The average molecular weight is 220 g/mol. The van der Waals surface area contributed by atoms with Crippen molar-refractivity contribution in [3.63, 3.8) is 0 Å². The van der Waals surface area contributed by atoms with Gasteiger partial charge in [-0.15, -0.1) is 0 Å². The highest BCUT2D eigenvalue weighted by Gasteiger charge is 2.06. The van der Waals surface area contributed by atoms with Gasteiger partial charge < -0.3 is 4.98 Å². The third kappa shape index (κ3) is 2.48. The molecule has 0 saturated carbocycles. The molecule has 0 spiro atoms. The van der Waals surface area contributed by atoms with Gasteiger partial charge in [-0.05, 0) is 29.8 Å². The summed E-state index contributed by atoms with van der Waals surface area (Å²) in [6, 6.07) is 10.9. The minimum atomic E-state index is 0.0855. The molecule has 3 heteroatoms. The Kier molecular flexibility index (Phi) is 2.88. The zero-order valence-electron chi connectivity index (χ0n) is 8.03. The van der Waals surface area contributed by atoms with E-state index in [-0.39, 0.29) is 5.78 Å². The summed E-state index contributed by atoms with van der Waals surface area (Å²) in [6.07, 6.45) is 2.15. The molecule has 1 heterocycles. The molecular formula is C12H10ClNO.